The zero-order valence-electron chi connectivity index (χ0n) is 35.5. The molecule has 4 aromatic rings. The lowest BCUT2D eigenvalue weighted by Gasteiger charge is -2.02. The molecule has 2 aromatic heterocycles. The number of aryl methyl sites for hydroxylation is 2. The number of fused-ring (bicyclic) bond motifs is 2. The standard InChI is InChI=1S/2C11H10O2.C7H16.C3H8.6C2H6/c2*1-7-8(2)11(12)13-10-6-4-3-5-9(7)10;1-3-5-7-6-4-2;1-3-2;6*1-2/h2*3-6H,1-2H3;3-7H2,1-2H3;3H2,1-2H3;6*1-2H3. The van der Waals surface area contributed by atoms with Gasteiger partial charge in [-0.3, -0.25) is 0 Å². The van der Waals surface area contributed by atoms with Crippen molar-refractivity contribution in [1.82, 2.24) is 0 Å². The number of rotatable bonds is 4. The molecule has 0 radical (unpaired) electrons. The van der Waals surface area contributed by atoms with E-state index in [-0.39, 0.29) is 11.3 Å². The van der Waals surface area contributed by atoms with Crippen LogP contribution in [-0.2, 0) is 0 Å². The van der Waals surface area contributed by atoms with Crippen LogP contribution >= 0.6 is 0 Å². The van der Waals surface area contributed by atoms with Crippen molar-refractivity contribution in [1.29, 1.82) is 0 Å². The summed E-state index contributed by atoms with van der Waals surface area (Å²) in [5, 5.41) is 2.03. The molecule has 4 nitrogen and oxygen atoms in total. The van der Waals surface area contributed by atoms with Crippen molar-refractivity contribution >= 4 is 21.9 Å². The van der Waals surface area contributed by atoms with Crippen molar-refractivity contribution in [2.45, 2.75) is 177 Å². The Hall–Kier alpha value is -3.14. The summed E-state index contributed by atoms with van der Waals surface area (Å²) in [5.74, 6) is 0. The van der Waals surface area contributed by atoms with Gasteiger partial charge in [0, 0.05) is 21.9 Å². The average Bonchev–Trinajstić information content (AvgIpc) is 3.16. The van der Waals surface area contributed by atoms with Gasteiger partial charge in [0.05, 0.1) is 0 Å². The molecule has 48 heavy (non-hydrogen) atoms. The van der Waals surface area contributed by atoms with Gasteiger partial charge in [-0.2, -0.15) is 0 Å². The molecule has 0 fully saturated rings. The molecule has 0 aliphatic carbocycles. The lowest BCUT2D eigenvalue weighted by Crippen LogP contribution is -2.05. The molecular formula is C44H80O4. The Labute approximate surface area is 298 Å². The minimum absolute atomic E-state index is 0.240. The minimum Gasteiger partial charge on any atom is -0.423 e. The Morgan fingerprint density at radius 3 is 0.917 bits per heavy atom. The van der Waals surface area contributed by atoms with Crippen molar-refractivity contribution < 1.29 is 8.83 Å². The van der Waals surface area contributed by atoms with Crippen LogP contribution in [0.1, 0.15) is 172 Å². The molecule has 0 bridgehead atoms. The Kier molecular flexibility index (Phi) is 52.2. The van der Waals surface area contributed by atoms with Gasteiger partial charge in [-0.15, -0.1) is 0 Å². The van der Waals surface area contributed by atoms with Gasteiger partial charge in [0.2, 0.25) is 0 Å². The van der Waals surface area contributed by atoms with E-state index in [0.29, 0.717) is 22.3 Å². The van der Waals surface area contributed by atoms with Crippen molar-refractivity contribution in [2.75, 3.05) is 0 Å². The predicted molar refractivity (Wildman–Crippen MR) is 222 cm³/mol. The van der Waals surface area contributed by atoms with Gasteiger partial charge in [-0.25, -0.2) is 9.59 Å². The molecule has 0 saturated heterocycles. The summed E-state index contributed by atoms with van der Waals surface area (Å²) in [7, 11) is 0. The van der Waals surface area contributed by atoms with Gasteiger partial charge in [-0.1, -0.05) is 186 Å². The lowest BCUT2D eigenvalue weighted by molar-refractivity contribution is 0.553. The first-order valence-electron chi connectivity index (χ1n) is 19.2. The SMILES string of the molecule is CC.CC.CC.CC.CC.CC.CCC.CCCCCCC.Cc1c(C)c2ccccc2oc1=O.Cc1c(C)c2ccccc2oc1=O. The topological polar surface area (TPSA) is 60.4 Å². The summed E-state index contributed by atoms with van der Waals surface area (Å²) >= 11 is 0. The highest BCUT2D eigenvalue weighted by molar-refractivity contribution is 5.81. The summed E-state index contributed by atoms with van der Waals surface area (Å²) in [6.45, 7) is 40.2. The zero-order valence-corrected chi connectivity index (χ0v) is 35.5. The van der Waals surface area contributed by atoms with E-state index in [4.69, 9.17) is 8.83 Å². The molecule has 4 heteroatoms. The maximum atomic E-state index is 11.3. The van der Waals surface area contributed by atoms with Gasteiger partial charge in [-0.05, 0) is 51.0 Å². The summed E-state index contributed by atoms with van der Waals surface area (Å²) < 4.78 is 10.2. The third kappa shape index (κ3) is 25.0. The fourth-order valence-electron chi connectivity index (χ4n) is 3.47. The monoisotopic (exact) mass is 673 g/mol. The van der Waals surface area contributed by atoms with Gasteiger partial charge in [0.25, 0.3) is 0 Å². The van der Waals surface area contributed by atoms with E-state index < -0.39 is 0 Å². The number of hydrogen-bond donors (Lipinski definition) is 0. The molecule has 0 atom stereocenters. The molecule has 0 spiro atoms. The highest BCUT2D eigenvalue weighted by atomic mass is 16.4. The largest absolute Gasteiger partial charge is 0.423 e. The second kappa shape index (κ2) is 43.9. The quantitative estimate of drug-likeness (QED) is 0.160. The molecule has 0 aliphatic rings. The third-order valence-electron chi connectivity index (χ3n) is 5.93. The summed E-state index contributed by atoms with van der Waals surface area (Å²) in [6.07, 6.45) is 8.26. The number of unbranched alkanes of at least 4 members (excludes halogenated alkanes) is 4. The maximum absolute atomic E-state index is 11.3. The number of hydrogen-bond acceptors (Lipinski definition) is 4. The fourth-order valence-corrected chi connectivity index (χ4v) is 3.47. The van der Waals surface area contributed by atoms with Crippen LogP contribution in [0.5, 0.6) is 0 Å². The minimum atomic E-state index is -0.240. The maximum Gasteiger partial charge on any atom is 0.339 e. The van der Waals surface area contributed by atoms with Crippen LogP contribution in [0.2, 0.25) is 0 Å². The Balaban J connectivity index is -0.000000118. The van der Waals surface area contributed by atoms with Crippen molar-refractivity contribution in [2.24, 2.45) is 0 Å². The molecule has 280 valence electrons. The summed E-state index contributed by atoms with van der Waals surface area (Å²) in [4.78, 5) is 22.6. The van der Waals surface area contributed by atoms with Crippen molar-refractivity contribution in [3.8, 4) is 0 Å². The second-order valence-electron chi connectivity index (χ2n) is 9.04. The summed E-state index contributed by atoms with van der Waals surface area (Å²) in [6, 6.07) is 15.1. The van der Waals surface area contributed by atoms with Crippen LogP contribution < -0.4 is 11.3 Å². The molecule has 0 N–H and O–H groups in total. The van der Waals surface area contributed by atoms with Crippen molar-refractivity contribution in [3.05, 3.63) is 91.6 Å². The van der Waals surface area contributed by atoms with Crippen LogP contribution in [0.3, 0.4) is 0 Å². The highest BCUT2D eigenvalue weighted by Crippen LogP contribution is 2.18. The molecule has 0 unspecified atom stereocenters. The van der Waals surface area contributed by atoms with Gasteiger partial charge >= 0.3 is 11.3 Å². The van der Waals surface area contributed by atoms with Crippen LogP contribution in [0.4, 0.5) is 0 Å². The second-order valence-corrected chi connectivity index (χ2v) is 9.04. The van der Waals surface area contributed by atoms with E-state index >= 15 is 0 Å². The van der Waals surface area contributed by atoms with Crippen LogP contribution in [0, 0.1) is 27.7 Å². The number of benzene rings is 2. The van der Waals surface area contributed by atoms with E-state index in [1.165, 1.54) is 38.5 Å². The molecule has 4 rings (SSSR count). The van der Waals surface area contributed by atoms with Crippen molar-refractivity contribution in [3.63, 3.8) is 0 Å². The normalized spacial score (nSPS) is 8.25. The first kappa shape index (κ1) is 57.1. The van der Waals surface area contributed by atoms with Crippen LogP contribution in [-0.4, -0.2) is 0 Å². The number of para-hydroxylation sites is 2. The molecule has 2 aromatic carbocycles. The highest BCUT2D eigenvalue weighted by Gasteiger charge is 2.06. The fraction of sp³-hybridized carbons (Fsp3) is 0.591. The predicted octanol–water partition coefficient (Wildman–Crippen LogP) is 15.4. The van der Waals surface area contributed by atoms with E-state index in [2.05, 4.69) is 27.7 Å². The lowest BCUT2D eigenvalue weighted by atomic mass is 10.1. The Morgan fingerprint density at radius 1 is 0.417 bits per heavy atom. The zero-order chi connectivity index (χ0) is 39.1. The molecule has 0 amide bonds. The van der Waals surface area contributed by atoms with Gasteiger partial charge in [0.15, 0.2) is 0 Å². The average molecular weight is 673 g/mol. The van der Waals surface area contributed by atoms with Crippen LogP contribution in [0.15, 0.2) is 67.0 Å². The third-order valence-corrected chi connectivity index (χ3v) is 5.93. The van der Waals surface area contributed by atoms with E-state index in [1.807, 2.05) is 145 Å². The molecular weight excluding hydrogens is 592 g/mol. The molecule has 0 saturated carbocycles. The van der Waals surface area contributed by atoms with Gasteiger partial charge in [0.1, 0.15) is 11.2 Å². The van der Waals surface area contributed by atoms with E-state index in [1.54, 1.807) is 13.8 Å². The summed E-state index contributed by atoms with van der Waals surface area (Å²) in [5.41, 5.74) is 4.25. The Morgan fingerprint density at radius 2 is 0.667 bits per heavy atom. The Bertz CT molecular complexity index is 1210. The molecule has 0 aliphatic heterocycles. The van der Waals surface area contributed by atoms with Crippen LogP contribution in [0.25, 0.3) is 21.9 Å². The van der Waals surface area contributed by atoms with Gasteiger partial charge < -0.3 is 8.83 Å². The first-order chi connectivity index (χ1) is 23.2. The van der Waals surface area contributed by atoms with E-state index in [9.17, 15) is 9.59 Å². The smallest absolute Gasteiger partial charge is 0.339 e. The first-order valence-corrected chi connectivity index (χ1v) is 19.2. The van der Waals surface area contributed by atoms with E-state index in [0.717, 1.165) is 21.9 Å². The molecule has 2 heterocycles.